The van der Waals surface area contributed by atoms with Crippen LogP contribution in [0.25, 0.3) is 0 Å². The summed E-state index contributed by atoms with van der Waals surface area (Å²) in [6.45, 7) is 1.30. The number of rotatable bonds is 5. The number of sulfonamides is 1. The molecular formula is C12H17N5O4S. The number of aromatic nitrogens is 4. The fourth-order valence-electron chi connectivity index (χ4n) is 2.22. The van der Waals surface area contributed by atoms with Crippen LogP contribution in [-0.2, 0) is 28.4 Å². The molecule has 0 spiro atoms. The van der Waals surface area contributed by atoms with Crippen molar-refractivity contribution in [3.8, 4) is 0 Å². The minimum atomic E-state index is -3.68. The Hall–Kier alpha value is -1.78. The van der Waals surface area contributed by atoms with Crippen molar-refractivity contribution in [1.82, 2.24) is 24.4 Å². The molecule has 0 radical (unpaired) electrons. The normalized spacial score (nSPS) is 17.0. The van der Waals surface area contributed by atoms with E-state index in [2.05, 4.69) is 19.8 Å². The Morgan fingerprint density at radius 3 is 2.86 bits per heavy atom. The standard InChI is InChI=1S/C12H17N5O4S/c1-17-7-11(13-8-17)22(18,19)14-6-10-15-12(16-21-10)9-2-4-20-5-3-9/h7-9,14H,2-6H2,1H3. The summed E-state index contributed by atoms with van der Waals surface area (Å²) in [4.78, 5) is 8.06. The molecule has 0 amide bonds. The molecule has 1 N–H and O–H groups in total. The maximum Gasteiger partial charge on any atom is 0.260 e. The van der Waals surface area contributed by atoms with Crippen molar-refractivity contribution in [3.05, 3.63) is 24.2 Å². The van der Waals surface area contributed by atoms with E-state index < -0.39 is 10.0 Å². The van der Waals surface area contributed by atoms with Gasteiger partial charge in [-0.3, -0.25) is 0 Å². The third-order valence-electron chi connectivity index (χ3n) is 3.44. The summed E-state index contributed by atoms with van der Waals surface area (Å²) >= 11 is 0. The molecule has 10 heteroatoms. The minimum Gasteiger partial charge on any atom is -0.381 e. The molecule has 0 aliphatic carbocycles. The van der Waals surface area contributed by atoms with E-state index in [-0.39, 0.29) is 23.4 Å². The molecule has 1 aliphatic rings. The zero-order valence-electron chi connectivity index (χ0n) is 12.1. The van der Waals surface area contributed by atoms with Crippen molar-refractivity contribution in [2.24, 2.45) is 7.05 Å². The lowest BCUT2D eigenvalue weighted by Crippen LogP contribution is -2.23. The van der Waals surface area contributed by atoms with Crippen LogP contribution >= 0.6 is 0 Å². The molecule has 0 atom stereocenters. The van der Waals surface area contributed by atoms with Gasteiger partial charge in [-0.2, -0.15) is 4.98 Å². The van der Waals surface area contributed by atoms with Gasteiger partial charge in [-0.05, 0) is 12.8 Å². The molecular weight excluding hydrogens is 310 g/mol. The van der Waals surface area contributed by atoms with Crippen LogP contribution in [0.4, 0.5) is 0 Å². The first-order valence-electron chi connectivity index (χ1n) is 6.92. The van der Waals surface area contributed by atoms with Crippen molar-refractivity contribution < 1.29 is 17.7 Å². The van der Waals surface area contributed by atoms with Crippen LogP contribution in [-0.4, -0.2) is 41.3 Å². The summed E-state index contributed by atoms with van der Waals surface area (Å²) < 4.78 is 38.4. The van der Waals surface area contributed by atoms with E-state index in [1.54, 1.807) is 11.6 Å². The van der Waals surface area contributed by atoms with Gasteiger partial charge in [0.15, 0.2) is 10.9 Å². The monoisotopic (exact) mass is 327 g/mol. The van der Waals surface area contributed by atoms with E-state index in [1.807, 2.05) is 0 Å². The van der Waals surface area contributed by atoms with Crippen LogP contribution in [0, 0.1) is 0 Å². The number of hydrogen-bond acceptors (Lipinski definition) is 7. The van der Waals surface area contributed by atoms with Gasteiger partial charge in [0.1, 0.15) is 0 Å². The average Bonchev–Trinajstić information content (AvgIpc) is 3.15. The van der Waals surface area contributed by atoms with Crippen LogP contribution in [0.5, 0.6) is 0 Å². The van der Waals surface area contributed by atoms with E-state index in [9.17, 15) is 8.42 Å². The van der Waals surface area contributed by atoms with Crippen LogP contribution in [0.1, 0.15) is 30.5 Å². The van der Waals surface area contributed by atoms with Gasteiger partial charge < -0.3 is 13.8 Å². The Balaban J connectivity index is 1.63. The van der Waals surface area contributed by atoms with Gasteiger partial charge in [-0.15, -0.1) is 0 Å². The first-order valence-corrected chi connectivity index (χ1v) is 8.41. The molecule has 1 saturated heterocycles. The van der Waals surface area contributed by atoms with E-state index in [0.29, 0.717) is 19.0 Å². The first-order chi connectivity index (χ1) is 10.5. The van der Waals surface area contributed by atoms with Gasteiger partial charge in [0, 0.05) is 32.4 Å². The smallest absolute Gasteiger partial charge is 0.260 e. The molecule has 9 nitrogen and oxygen atoms in total. The summed E-state index contributed by atoms with van der Waals surface area (Å²) in [6, 6.07) is 0. The third kappa shape index (κ3) is 3.34. The van der Waals surface area contributed by atoms with Gasteiger partial charge in [0.25, 0.3) is 10.0 Å². The second-order valence-electron chi connectivity index (χ2n) is 5.13. The largest absolute Gasteiger partial charge is 0.381 e. The van der Waals surface area contributed by atoms with Gasteiger partial charge >= 0.3 is 0 Å². The maximum atomic E-state index is 12.0. The van der Waals surface area contributed by atoms with Crippen LogP contribution in [0.15, 0.2) is 22.1 Å². The highest BCUT2D eigenvalue weighted by molar-refractivity contribution is 7.89. The summed E-state index contributed by atoms with van der Waals surface area (Å²) in [5.74, 6) is 1.05. The molecule has 3 heterocycles. The zero-order valence-corrected chi connectivity index (χ0v) is 12.9. The molecule has 3 rings (SSSR count). The van der Waals surface area contributed by atoms with Gasteiger partial charge in [0.2, 0.25) is 5.89 Å². The fraction of sp³-hybridized carbons (Fsp3) is 0.583. The summed E-state index contributed by atoms with van der Waals surface area (Å²) in [5.41, 5.74) is 0. The number of nitrogens with one attached hydrogen (secondary N) is 1. The highest BCUT2D eigenvalue weighted by Crippen LogP contribution is 2.24. The molecule has 120 valence electrons. The molecule has 2 aromatic heterocycles. The van der Waals surface area contributed by atoms with Gasteiger partial charge in [0.05, 0.1) is 12.9 Å². The zero-order chi connectivity index (χ0) is 15.6. The van der Waals surface area contributed by atoms with Gasteiger partial charge in [-0.25, -0.2) is 18.1 Å². The molecule has 1 aliphatic heterocycles. The van der Waals surface area contributed by atoms with Crippen molar-refractivity contribution in [2.45, 2.75) is 30.3 Å². The predicted octanol–water partition coefficient (Wildman–Crippen LogP) is 0.176. The van der Waals surface area contributed by atoms with Crippen molar-refractivity contribution in [1.29, 1.82) is 0 Å². The number of imidazole rings is 1. The van der Waals surface area contributed by atoms with Gasteiger partial charge in [-0.1, -0.05) is 5.16 Å². The van der Waals surface area contributed by atoms with Crippen molar-refractivity contribution in [3.63, 3.8) is 0 Å². The predicted molar refractivity (Wildman–Crippen MR) is 74.3 cm³/mol. The molecule has 0 aromatic carbocycles. The molecule has 2 aromatic rings. The van der Waals surface area contributed by atoms with E-state index in [4.69, 9.17) is 9.26 Å². The lowest BCUT2D eigenvalue weighted by Gasteiger charge is -2.18. The van der Waals surface area contributed by atoms with Crippen molar-refractivity contribution in [2.75, 3.05) is 13.2 Å². The highest BCUT2D eigenvalue weighted by Gasteiger charge is 2.22. The minimum absolute atomic E-state index is 0.0424. The molecule has 22 heavy (non-hydrogen) atoms. The van der Waals surface area contributed by atoms with Crippen molar-refractivity contribution >= 4 is 10.0 Å². The summed E-state index contributed by atoms with van der Waals surface area (Å²) in [6.07, 6.45) is 4.53. The molecule has 0 saturated carbocycles. The number of ether oxygens (including phenoxy) is 1. The Morgan fingerprint density at radius 2 is 2.18 bits per heavy atom. The van der Waals surface area contributed by atoms with E-state index >= 15 is 0 Å². The second kappa shape index (κ2) is 6.15. The summed E-state index contributed by atoms with van der Waals surface area (Å²) in [5, 5.41) is 3.88. The Morgan fingerprint density at radius 1 is 1.41 bits per heavy atom. The fourth-order valence-corrected chi connectivity index (χ4v) is 3.17. The number of aryl methyl sites for hydroxylation is 1. The molecule has 0 bridgehead atoms. The lowest BCUT2D eigenvalue weighted by atomic mass is 10.00. The second-order valence-corrected chi connectivity index (χ2v) is 6.85. The third-order valence-corrected chi connectivity index (χ3v) is 4.73. The SMILES string of the molecule is Cn1cnc(S(=O)(=O)NCc2nc(C3CCOCC3)no2)c1. The van der Waals surface area contributed by atoms with Crippen LogP contribution in [0.3, 0.4) is 0 Å². The highest BCUT2D eigenvalue weighted by atomic mass is 32.2. The van der Waals surface area contributed by atoms with E-state index in [0.717, 1.165) is 12.8 Å². The summed E-state index contributed by atoms with van der Waals surface area (Å²) in [7, 11) is -1.98. The molecule has 1 fully saturated rings. The quantitative estimate of drug-likeness (QED) is 0.833. The van der Waals surface area contributed by atoms with Crippen LogP contribution in [0.2, 0.25) is 0 Å². The lowest BCUT2D eigenvalue weighted by molar-refractivity contribution is 0.0830. The Kier molecular flexibility index (Phi) is 4.23. The van der Waals surface area contributed by atoms with E-state index in [1.165, 1.54) is 12.5 Å². The number of hydrogen-bond donors (Lipinski definition) is 1. The Bertz CT molecular complexity index is 732. The number of nitrogens with zero attached hydrogens (tertiary/aromatic N) is 4. The first kappa shape index (κ1) is 15.1. The average molecular weight is 327 g/mol. The molecule has 0 unspecified atom stereocenters. The topological polar surface area (TPSA) is 112 Å². The Labute approximate surface area is 127 Å². The van der Waals surface area contributed by atoms with Crippen LogP contribution < -0.4 is 4.72 Å². The maximum absolute atomic E-state index is 12.0.